The van der Waals surface area contributed by atoms with Crippen LogP contribution in [0.3, 0.4) is 0 Å². The molecule has 1 aromatic rings. The molecule has 12 heavy (non-hydrogen) atoms. The molecule has 0 spiro atoms. The number of hydrazone groups is 1. The molecule has 0 bridgehead atoms. The summed E-state index contributed by atoms with van der Waals surface area (Å²) in [5, 5.41) is 4.79. The molecule has 2 nitrogen and oxygen atoms in total. The summed E-state index contributed by atoms with van der Waals surface area (Å²) in [6.07, 6.45) is 0. The van der Waals surface area contributed by atoms with Crippen LogP contribution in [0.25, 0.3) is 0 Å². The van der Waals surface area contributed by atoms with Crippen molar-refractivity contribution in [1.29, 1.82) is 0 Å². The summed E-state index contributed by atoms with van der Waals surface area (Å²) in [7, 11) is 1.78. The summed E-state index contributed by atoms with van der Waals surface area (Å²) >= 11 is 5.74. The molecule has 0 saturated carbocycles. The first-order chi connectivity index (χ1) is 5.74. The van der Waals surface area contributed by atoms with E-state index in [1.54, 1.807) is 7.05 Å². The highest BCUT2D eigenvalue weighted by Crippen LogP contribution is 2.09. The van der Waals surface area contributed by atoms with Crippen LogP contribution in [-0.4, -0.2) is 12.8 Å². The minimum absolute atomic E-state index is 0.746. The van der Waals surface area contributed by atoms with Crippen molar-refractivity contribution in [2.24, 2.45) is 5.10 Å². The van der Waals surface area contributed by atoms with Gasteiger partial charge in [0.25, 0.3) is 0 Å². The van der Waals surface area contributed by atoms with E-state index in [-0.39, 0.29) is 0 Å². The maximum absolute atomic E-state index is 5.74. The molecular formula is C9H11ClN2. The van der Waals surface area contributed by atoms with E-state index >= 15 is 0 Å². The smallest absolute Gasteiger partial charge is 0.0644 e. The van der Waals surface area contributed by atoms with Gasteiger partial charge in [-0.15, -0.1) is 0 Å². The quantitative estimate of drug-likeness (QED) is 0.551. The van der Waals surface area contributed by atoms with E-state index in [4.69, 9.17) is 11.6 Å². The highest BCUT2D eigenvalue weighted by atomic mass is 35.5. The molecule has 0 aromatic heterocycles. The van der Waals surface area contributed by atoms with Gasteiger partial charge in [-0.25, -0.2) is 0 Å². The van der Waals surface area contributed by atoms with Gasteiger partial charge < -0.3 is 5.43 Å². The lowest BCUT2D eigenvalue weighted by Crippen LogP contribution is -2.02. The highest BCUT2D eigenvalue weighted by molar-refractivity contribution is 6.30. The molecule has 0 aliphatic heterocycles. The number of nitrogens with one attached hydrogen (secondary N) is 1. The van der Waals surface area contributed by atoms with Gasteiger partial charge >= 0.3 is 0 Å². The molecule has 1 aromatic carbocycles. The van der Waals surface area contributed by atoms with E-state index in [1.807, 2.05) is 31.2 Å². The fourth-order valence-corrected chi connectivity index (χ4v) is 1.05. The number of nitrogens with zero attached hydrogens (tertiary/aromatic N) is 1. The second-order valence-electron chi connectivity index (χ2n) is 2.43. The third kappa shape index (κ3) is 2.24. The number of hydrogen-bond acceptors (Lipinski definition) is 2. The number of benzene rings is 1. The predicted octanol–water partition coefficient (Wildman–Crippen LogP) is 2.28. The lowest BCUT2D eigenvalue weighted by Gasteiger charge is -1.99. The molecule has 0 unspecified atom stereocenters. The zero-order chi connectivity index (χ0) is 8.97. The summed E-state index contributed by atoms with van der Waals surface area (Å²) in [6.45, 7) is 1.94. The maximum atomic E-state index is 5.74. The van der Waals surface area contributed by atoms with Crippen LogP contribution >= 0.6 is 11.6 Å². The minimum atomic E-state index is 0.746. The van der Waals surface area contributed by atoms with Crippen molar-refractivity contribution in [1.82, 2.24) is 5.43 Å². The molecule has 0 atom stereocenters. The Balaban J connectivity index is 2.89. The van der Waals surface area contributed by atoms with Crippen molar-refractivity contribution in [3.63, 3.8) is 0 Å². The van der Waals surface area contributed by atoms with Crippen LogP contribution in [0.15, 0.2) is 29.4 Å². The highest BCUT2D eigenvalue weighted by Gasteiger charge is 1.95. The van der Waals surface area contributed by atoms with E-state index in [0.717, 1.165) is 16.3 Å². The predicted molar refractivity (Wildman–Crippen MR) is 52.7 cm³/mol. The zero-order valence-corrected chi connectivity index (χ0v) is 7.89. The Morgan fingerprint density at radius 1 is 1.33 bits per heavy atom. The molecule has 3 heteroatoms. The first-order valence-corrected chi connectivity index (χ1v) is 4.09. The first kappa shape index (κ1) is 9.07. The van der Waals surface area contributed by atoms with E-state index in [0.29, 0.717) is 0 Å². The Bertz CT molecular complexity index is 277. The average molecular weight is 183 g/mol. The average Bonchev–Trinajstić information content (AvgIpc) is 2.06. The second kappa shape index (κ2) is 4.12. The number of halogens is 1. The number of hydrogen-bond donors (Lipinski definition) is 1. The van der Waals surface area contributed by atoms with E-state index in [9.17, 15) is 0 Å². The van der Waals surface area contributed by atoms with Gasteiger partial charge in [-0.05, 0) is 24.6 Å². The summed E-state index contributed by atoms with van der Waals surface area (Å²) in [6, 6.07) is 7.59. The normalized spacial score (nSPS) is 11.4. The Hall–Kier alpha value is -1.02. The maximum Gasteiger partial charge on any atom is 0.0644 e. The fourth-order valence-electron chi connectivity index (χ4n) is 0.923. The lowest BCUT2D eigenvalue weighted by atomic mass is 10.1. The monoisotopic (exact) mass is 182 g/mol. The Morgan fingerprint density at radius 3 is 2.42 bits per heavy atom. The van der Waals surface area contributed by atoms with Gasteiger partial charge in [0.1, 0.15) is 0 Å². The minimum Gasteiger partial charge on any atom is -0.313 e. The molecular weight excluding hydrogens is 172 g/mol. The van der Waals surface area contributed by atoms with Gasteiger partial charge in [0.2, 0.25) is 0 Å². The van der Waals surface area contributed by atoms with Crippen molar-refractivity contribution in [3.05, 3.63) is 34.9 Å². The molecule has 64 valence electrons. The van der Waals surface area contributed by atoms with Gasteiger partial charge in [-0.2, -0.15) is 5.10 Å². The summed E-state index contributed by atoms with van der Waals surface area (Å²) in [5.74, 6) is 0. The Morgan fingerprint density at radius 2 is 1.92 bits per heavy atom. The molecule has 1 rings (SSSR count). The van der Waals surface area contributed by atoms with Gasteiger partial charge in [0.15, 0.2) is 0 Å². The summed E-state index contributed by atoms with van der Waals surface area (Å²) in [5.41, 5.74) is 4.77. The summed E-state index contributed by atoms with van der Waals surface area (Å²) in [4.78, 5) is 0. The molecule has 0 heterocycles. The third-order valence-corrected chi connectivity index (χ3v) is 1.79. The second-order valence-corrected chi connectivity index (χ2v) is 2.86. The van der Waals surface area contributed by atoms with Crippen LogP contribution in [0.1, 0.15) is 12.5 Å². The van der Waals surface area contributed by atoms with Gasteiger partial charge in [0, 0.05) is 12.1 Å². The molecule has 0 saturated heterocycles. The van der Waals surface area contributed by atoms with Crippen LogP contribution in [0, 0.1) is 0 Å². The fraction of sp³-hybridized carbons (Fsp3) is 0.222. The topological polar surface area (TPSA) is 24.4 Å². The van der Waals surface area contributed by atoms with Crippen LogP contribution in [0.5, 0.6) is 0 Å². The van der Waals surface area contributed by atoms with Gasteiger partial charge in [-0.3, -0.25) is 0 Å². The van der Waals surface area contributed by atoms with Crippen molar-refractivity contribution >= 4 is 17.3 Å². The third-order valence-electron chi connectivity index (χ3n) is 1.54. The molecule has 0 aliphatic carbocycles. The van der Waals surface area contributed by atoms with Crippen molar-refractivity contribution in [2.75, 3.05) is 7.05 Å². The van der Waals surface area contributed by atoms with Crippen LogP contribution in [0.2, 0.25) is 5.02 Å². The summed E-state index contributed by atoms with van der Waals surface area (Å²) < 4.78 is 0. The van der Waals surface area contributed by atoms with Gasteiger partial charge in [0.05, 0.1) is 5.71 Å². The van der Waals surface area contributed by atoms with Crippen molar-refractivity contribution in [3.8, 4) is 0 Å². The Kier molecular flexibility index (Phi) is 3.11. The molecule has 0 aliphatic rings. The SMILES string of the molecule is CN/N=C(\C)c1ccc(Cl)cc1. The largest absolute Gasteiger partial charge is 0.313 e. The van der Waals surface area contributed by atoms with Crippen LogP contribution in [0.4, 0.5) is 0 Å². The van der Waals surface area contributed by atoms with Crippen molar-refractivity contribution in [2.45, 2.75) is 6.92 Å². The van der Waals surface area contributed by atoms with Crippen LogP contribution in [-0.2, 0) is 0 Å². The molecule has 0 fully saturated rings. The molecule has 0 radical (unpaired) electrons. The van der Waals surface area contributed by atoms with E-state index < -0.39 is 0 Å². The number of rotatable bonds is 2. The first-order valence-electron chi connectivity index (χ1n) is 3.71. The molecule has 1 N–H and O–H groups in total. The standard InChI is InChI=1S/C9H11ClN2/c1-7(12-11-2)8-3-5-9(10)6-4-8/h3-6,11H,1-2H3/b12-7+. The van der Waals surface area contributed by atoms with E-state index in [1.165, 1.54) is 0 Å². The zero-order valence-electron chi connectivity index (χ0n) is 7.13. The lowest BCUT2D eigenvalue weighted by molar-refractivity contribution is 0.900. The molecule has 0 amide bonds. The Labute approximate surface area is 77.2 Å². The van der Waals surface area contributed by atoms with E-state index in [2.05, 4.69) is 10.5 Å². The van der Waals surface area contributed by atoms with Gasteiger partial charge in [-0.1, -0.05) is 23.7 Å². The van der Waals surface area contributed by atoms with Crippen molar-refractivity contribution < 1.29 is 0 Å². The van der Waals surface area contributed by atoms with Crippen LogP contribution < -0.4 is 5.43 Å².